The molecule has 11 heavy (non-hydrogen) atoms. The lowest BCUT2D eigenvalue weighted by Crippen LogP contribution is -2.05. The molecule has 0 radical (unpaired) electrons. The largest absolute Gasteiger partial charge is 0.384 e. The van der Waals surface area contributed by atoms with E-state index in [4.69, 9.17) is 5.73 Å². The zero-order chi connectivity index (χ0) is 8.69. The highest BCUT2D eigenvalue weighted by Crippen LogP contribution is 2.03. The van der Waals surface area contributed by atoms with Crippen molar-refractivity contribution < 1.29 is 0 Å². The van der Waals surface area contributed by atoms with Gasteiger partial charge < -0.3 is 5.73 Å². The van der Waals surface area contributed by atoms with E-state index in [-0.39, 0.29) is 0 Å². The van der Waals surface area contributed by atoms with Crippen molar-refractivity contribution in [2.45, 2.75) is 27.2 Å². The van der Waals surface area contributed by atoms with Gasteiger partial charge in [-0.1, -0.05) is 25.5 Å². The van der Waals surface area contributed by atoms with Gasteiger partial charge in [0.15, 0.2) is 0 Å². The molecule has 0 aliphatic carbocycles. The third-order valence-electron chi connectivity index (χ3n) is 1.16. The molecule has 0 aromatic carbocycles. The van der Waals surface area contributed by atoms with E-state index in [2.05, 4.69) is 4.99 Å². The van der Waals surface area contributed by atoms with Gasteiger partial charge in [0.05, 0.1) is 0 Å². The van der Waals surface area contributed by atoms with Crippen LogP contribution in [0, 0.1) is 0 Å². The molecule has 0 saturated heterocycles. The van der Waals surface area contributed by atoms with Crippen LogP contribution < -0.4 is 5.73 Å². The predicted molar refractivity (Wildman–Crippen MR) is 50.5 cm³/mol. The Hall–Kier alpha value is -1.05. The monoisotopic (exact) mass is 152 g/mol. The first-order valence-corrected chi connectivity index (χ1v) is 3.94. The van der Waals surface area contributed by atoms with Gasteiger partial charge in [0.2, 0.25) is 0 Å². The zero-order valence-electron chi connectivity index (χ0n) is 7.46. The molecule has 2 heteroatoms. The summed E-state index contributed by atoms with van der Waals surface area (Å²) < 4.78 is 0. The highest BCUT2D eigenvalue weighted by atomic mass is 14.8. The van der Waals surface area contributed by atoms with Gasteiger partial charge in [-0.25, -0.2) is 4.99 Å². The van der Waals surface area contributed by atoms with Gasteiger partial charge in [-0.3, -0.25) is 0 Å². The SMILES string of the molecule is CC.CC1=CN=C(N)C=CC1. The summed E-state index contributed by atoms with van der Waals surface area (Å²) in [7, 11) is 0. The summed E-state index contributed by atoms with van der Waals surface area (Å²) >= 11 is 0. The summed E-state index contributed by atoms with van der Waals surface area (Å²) in [6.07, 6.45) is 6.60. The van der Waals surface area contributed by atoms with Crippen molar-refractivity contribution in [1.29, 1.82) is 0 Å². The molecule has 0 atom stereocenters. The van der Waals surface area contributed by atoms with E-state index < -0.39 is 0 Å². The summed E-state index contributed by atoms with van der Waals surface area (Å²) in [4.78, 5) is 3.95. The van der Waals surface area contributed by atoms with Crippen molar-refractivity contribution in [2.75, 3.05) is 0 Å². The summed E-state index contributed by atoms with van der Waals surface area (Å²) in [5.74, 6) is 0.590. The van der Waals surface area contributed by atoms with Crippen LogP contribution in [0.3, 0.4) is 0 Å². The molecule has 2 N–H and O–H groups in total. The van der Waals surface area contributed by atoms with Crippen molar-refractivity contribution >= 4 is 5.84 Å². The first kappa shape index (κ1) is 9.95. The Labute approximate surface area is 68.5 Å². The molecule has 1 aliphatic heterocycles. The highest BCUT2D eigenvalue weighted by molar-refractivity contribution is 5.92. The van der Waals surface area contributed by atoms with Gasteiger partial charge in [0.25, 0.3) is 0 Å². The maximum Gasteiger partial charge on any atom is 0.122 e. The average molecular weight is 152 g/mol. The van der Waals surface area contributed by atoms with Crippen LogP contribution >= 0.6 is 0 Å². The normalized spacial score (nSPS) is 15.5. The summed E-state index contributed by atoms with van der Waals surface area (Å²) in [6.45, 7) is 6.03. The molecule has 0 saturated carbocycles. The van der Waals surface area contributed by atoms with Crippen LogP contribution in [0.5, 0.6) is 0 Å². The Kier molecular flexibility index (Phi) is 5.17. The topological polar surface area (TPSA) is 38.4 Å². The molecule has 0 aromatic rings. The van der Waals surface area contributed by atoms with Gasteiger partial charge in [0.1, 0.15) is 5.84 Å². The van der Waals surface area contributed by atoms with E-state index in [1.807, 2.05) is 32.9 Å². The third-order valence-corrected chi connectivity index (χ3v) is 1.16. The standard InChI is InChI=1S/C7H10N2.C2H6/c1-6-3-2-4-7(8)9-5-6;1-2/h2,4-5H,3H2,1H3,(H2,8,9);1-2H3. The summed E-state index contributed by atoms with van der Waals surface area (Å²) in [5.41, 5.74) is 6.66. The maximum atomic E-state index is 5.42. The van der Waals surface area contributed by atoms with Gasteiger partial charge in [0, 0.05) is 6.20 Å². The van der Waals surface area contributed by atoms with Crippen LogP contribution in [0.4, 0.5) is 0 Å². The molecule has 2 nitrogen and oxygen atoms in total. The lowest BCUT2D eigenvalue weighted by molar-refractivity contribution is 1.20. The first-order chi connectivity index (χ1) is 5.29. The minimum absolute atomic E-state index is 0.590. The van der Waals surface area contributed by atoms with Crippen LogP contribution in [-0.2, 0) is 0 Å². The summed E-state index contributed by atoms with van der Waals surface area (Å²) in [6, 6.07) is 0. The number of nitrogens with zero attached hydrogens (tertiary/aromatic N) is 1. The first-order valence-electron chi connectivity index (χ1n) is 3.94. The second-order valence-corrected chi connectivity index (χ2v) is 2.14. The molecule has 0 spiro atoms. The Balaban J connectivity index is 0.000000461. The van der Waals surface area contributed by atoms with E-state index in [0.717, 1.165) is 6.42 Å². The van der Waals surface area contributed by atoms with Crippen LogP contribution in [0.1, 0.15) is 27.2 Å². The van der Waals surface area contributed by atoms with Crippen LogP contribution in [0.2, 0.25) is 0 Å². The van der Waals surface area contributed by atoms with E-state index >= 15 is 0 Å². The number of amidine groups is 1. The number of hydrogen-bond acceptors (Lipinski definition) is 2. The van der Waals surface area contributed by atoms with Gasteiger partial charge in [-0.15, -0.1) is 0 Å². The number of allylic oxidation sites excluding steroid dienone is 2. The molecule has 1 rings (SSSR count). The van der Waals surface area contributed by atoms with E-state index in [0.29, 0.717) is 5.84 Å². The van der Waals surface area contributed by atoms with Crippen molar-refractivity contribution in [3.63, 3.8) is 0 Å². The fourth-order valence-electron chi connectivity index (χ4n) is 0.646. The Morgan fingerprint density at radius 1 is 1.45 bits per heavy atom. The van der Waals surface area contributed by atoms with Crippen molar-refractivity contribution in [1.82, 2.24) is 0 Å². The van der Waals surface area contributed by atoms with Gasteiger partial charge in [-0.05, 0) is 19.4 Å². The van der Waals surface area contributed by atoms with Crippen LogP contribution in [0.15, 0.2) is 28.9 Å². The van der Waals surface area contributed by atoms with Crippen LogP contribution in [0.25, 0.3) is 0 Å². The molecule has 0 bridgehead atoms. The van der Waals surface area contributed by atoms with Gasteiger partial charge >= 0.3 is 0 Å². The van der Waals surface area contributed by atoms with Crippen molar-refractivity contribution in [3.8, 4) is 0 Å². The number of rotatable bonds is 0. The molecule has 0 fully saturated rings. The van der Waals surface area contributed by atoms with E-state index in [1.54, 1.807) is 6.20 Å². The quantitative estimate of drug-likeness (QED) is 0.568. The lowest BCUT2D eigenvalue weighted by atomic mass is 10.2. The maximum absolute atomic E-state index is 5.42. The minimum Gasteiger partial charge on any atom is -0.384 e. The lowest BCUT2D eigenvalue weighted by Gasteiger charge is -1.85. The molecular formula is C9H16N2. The third kappa shape index (κ3) is 4.37. The van der Waals surface area contributed by atoms with Crippen LogP contribution in [-0.4, -0.2) is 5.84 Å². The van der Waals surface area contributed by atoms with Crippen molar-refractivity contribution in [3.05, 3.63) is 23.9 Å². The molecule has 1 aliphatic rings. The van der Waals surface area contributed by atoms with Gasteiger partial charge in [-0.2, -0.15) is 0 Å². The molecule has 0 unspecified atom stereocenters. The molecule has 62 valence electrons. The minimum atomic E-state index is 0.590. The average Bonchev–Trinajstić information content (AvgIpc) is 2.20. The number of hydrogen-bond donors (Lipinski definition) is 1. The highest BCUT2D eigenvalue weighted by Gasteiger charge is 1.89. The zero-order valence-corrected chi connectivity index (χ0v) is 7.46. The molecule has 1 heterocycles. The fourth-order valence-corrected chi connectivity index (χ4v) is 0.646. The Morgan fingerprint density at radius 3 is 2.73 bits per heavy atom. The Bertz CT molecular complexity index is 188. The second-order valence-electron chi connectivity index (χ2n) is 2.14. The number of nitrogens with two attached hydrogens (primary N) is 1. The molecule has 0 aromatic heterocycles. The molecule has 0 amide bonds. The van der Waals surface area contributed by atoms with E-state index in [1.165, 1.54) is 5.57 Å². The van der Waals surface area contributed by atoms with E-state index in [9.17, 15) is 0 Å². The Morgan fingerprint density at radius 2 is 2.09 bits per heavy atom. The smallest absolute Gasteiger partial charge is 0.122 e. The molecular weight excluding hydrogens is 136 g/mol. The second kappa shape index (κ2) is 5.71. The number of aliphatic imine (C=N–C) groups is 1. The predicted octanol–water partition coefficient (Wildman–Crippen LogP) is 2.23. The fraction of sp³-hybridized carbons (Fsp3) is 0.444. The van der Waals surface area contributed by atoms with Crippen molar-refractivity contribution in [2.24, 2.45) is 10.7 Å². The summed E-state index contributed by atoms with van der Waals surface area (Å²) in [5, 5.41) is 0.